The first-order valence-electron chi connectivity index (χ1n) is 8.89. The lowest BCUT2D eigenvalue weighted by molar-refractivity contribution is 0.698. The summed E-state index contributed by atoms with van der Waals surface area (Å²) < 4.78 is 1.98. The third-order valence-corrected chi connectivity index (χ3v) is 8.34. The lowest BCUT2D eigenvalue weighted by Gasteiger charge is -2.28. The van der Waals surface area contributed by atoms with E-state index in [9.17, 15) is 4.79 Å². The number of aromatic nitrogens is 2. The van der Waals surface area contributed by atoms with Crippen LogP contribution in [0.4, 0.5) is 0 Å². The Hall–Kier alpha value is -1.24. The Morgan fingerprint density at radius 3 is 2.77 bits per heavy atom. The predicted molar refractivity (Wildman–Crippen MR) is 115 cm³/mol. The number of benzene rings is 1. The van der Waals surface area contributed by atoms with Crippen molar-refractivity contribution in [2.45, 2.75) is 49.3 Å². The minimum atomic E-state index is 0.0833. The van der Waals surface area contributed by atoms with Gasteiger partial charge < -0.3 is 0 Å². The average Bonchev–Trinajstić information content (AvgIpc) is 2.97. The standard InChI is InChI=1S/C20H22N2OS3/c1-4-10-24-19-21-17-16(14-11-20(2,3)25-12-15(14)26-17)18(23)22(19)13-8-6-5-7-9-13/h5-9H,4,10-12H2,1-3H3. The highest BCUT2D eigenvalue weighted by atomic mass is 32.2. The quantitative estimate of drug-likeness (QED) is 0.425. The zero-order valence-electron chi connectivity index (χ0n) is 15.2. The summed E-state index contributed by atoms with van der Waals surface area (Å²) in [6.07, 6.45) is 1.99. The fourth-order valence-electron chi connectivity index (χ4n) is 3.27. The Kier molecular flexibility index (Phi) is 4.92. The maximum atomic E-state index is 13.6. The molecule has 0 amide bonds. The van der Waals surface area contributed by atoms with Gasteiger partial charge in [0.1, 0.15) is 4.83 Å². The molecule has 4 rings (SSSR count). The molecule has 0 saturated heterocycles. The minimum absolute atomic E-state index is 0.0833. The van der Waals surface area contributed by atoms with Gasteiger partial charge in [-0.2, -0.15) is 0 Å². The predicted octanol–water partition coefficient (Wildman–Crippen LogP) is 5.52. The lowest BCUT2D eigenvalue weighted by Crippen LogP contribution is -2.26. The van der Waals surface area contributed by atoms with E-state index in [-0.39, 0.29) is 10.3 Å². The highest BCUT2D eigenvalue weighted by molar-refractivity contribution is 8.00. The lowest BCUT2D eigenvalue weighted by atomic mass is 10.00. The van der Waals surface area contributed by atoms with Gasteiger partial charge in [0.05, 0.1) is 11.1 Å². The molecule has 0 N–H and O–H groups in total. The van der Waals surface area contributed by atoms with Crippen molar-refractivity contribution < 1.29 is 0 Å². The second kappa shape index (κ2) is 7.06. The maximum absolute atomic E-state index is 13.6. The molecular formula is C20H22N2OS3. The Morgan fingerprint density at radius 2 is 2.04 bits per heavy atom. The van der Waals surface area contributed by atoms with Gasteiger partial charge in [0.25, 0.3) is 5.56 Å². The van der Waals surface area contributed by atoms with Crippen molar-refractivity contribution >= 4 is 45.1 Å². The molecule has 136 valence electrons. The molecule has 3 heterocycles. The molecule has 1 aliphatic heterocycles. The summed E-state index contributed by atoms with van der Waals surface area (Å²) in [4.78, 5) is 20.7. The van der Waals surface area contributed by atoms with Crippen LogP contribution in [0, 0.1) is 0 Å². The van der Waals surface area contributed by atoms with Gasteiger partial charge in [-0.25, -0.2) is 4.98 Å². The van der Waals surface area contributed by atoms with Crippen LogP contribution < -0.4 is 5.56 Å². The molecule has 0 radical (unpaired) electrons. The number of hydrogen-bond donors (Lipinski definition) is 0. The van der Waals surface area contributed by atoms with Gasteiger partial charge in [0, 0.05) is 21.1 Å². The van der Waals surface area contributed by atoms with Crippen LogP contribution in [0.3, 0.4) is 0 Å². The summed E-state index contributed by atoms with van der Waals surface area (Å²) in [5, 5.41) is 1.64. The largest absolute Gasteiger partial charge is 0.268 e. The summed E-state index contributed by atoms with van der Waals surface area (Å²) in [6, 6.07) is 9.91. The van der Waals surface area contributed by atoms with E-state index in [1.807, 2.05) is 46.7 Å². The molecule has 0 saturated carbocycles. The smallest absolute Gasteiger partial charge is 0.267 e. The van der Waals surface area contributed by atoms with Crippen molar-refractivity contribution in [1.29, 1.82) is 0 Å². The summed E-state index contributed by atoms with van der Waals surface area (Å²) in [5.74, 6) is 1.93. The van der Waals surface area contributed by atoms with E-state index in [4.69, 9.17) is 4.98 Å². The SMILES string of the molecule is CCCSc1nc2sc3c(c2c(=O)n1-c1ccccc1)CC(C)(C)SC3. The molecule has 0 unspecified atom stereocenters. The summed E-state index contributed by atoms with van der Waals surface area (Å²) >= 11 is 5.35. The van der Waals surface area contributed by atoms with Crippen LogP contribution in [-0.4, -0.2) is 20.1 Å². The van der Waals surface area contributed by atoms with Crippen molar-refractivity contribution in [1.82, 2.24) is 9.55 Å². The molecule has 0 spiro atoms. The second-order valence-electron chi connectivity index (χ2n) is 7.13. The average molecular weight is 403 g/mol. The van der Waals surface area contributed by atoms with E-state index >= 15 is 0 Å². The molecule has 1 aromatic carbocycles. The van der Waals surface area contributed by atoms with Crippen LogP contribution in [0.5, 0.6) is 0 Å². The zero-order chi connectivity index (χ0) is 18.3. The monoisotopic (exact) mass is 402 g/mol. The fourth-order valence-corrected chi connectivity index (χ4v) is 6.52. The van der Waals surface area contributed by atoms with E-state index in [1.165, 1.54) is 10.4 Å². The van der Waals surface area contributed by atoms with Crippen LogP contribution >= 0.6 is 34.9 Å². The van der Waals surface area contributed by atoms with Gasteiger partial charge in [-0.05, 0) is 30.5 Å². The van der Waals surface area contributed by atoms with Gasteiger partial charge in [0.2, 0.25) is 0 Å². The van der Waals surface area contributed by atoms with E-state index in [0.29, 0.717) is 0 Å². The summed E-state index contributed by atoms with van der Waals surface area (Å²) in [7, 11) is 0. The van der Waals surface area contributed by atoms with Crippen LogP contribution in [0.1, 0.15) is 37.6 Å². The van der Waals surface area contributed by atoms with Crippen LogP contribution in [0.2, 0.25) is 0 Å². The molecule has 0 bridgehead atoms. The number of para-hydroxylation sites is 1. The second-order valence-corrected chi connectivity index (χ2v) is 11.0. The van der Waals surface area contributed by atoms with Gasteiger partial charge in [-0.15, -0.1) is 23.1 Å². The fraction of sp³-hybridized carbons (Fsp3) is 0.400. The number of rotatable bonds is 4. The zero-order valence-corrected chi connectivity index (χ0v) is 17.7. The van der Waals surface area contributed by atoms with Crippen molar-refractivity contribution in [3.8, 4) is 5.69 Å². The van der Waals surface area contributed by atoms with Crippen LogP contribution in [0.25, 0.3) is 15.9 Å². The van der Waals surface area contributed by atoms with E-state index in [1.54, 1.807) is 23.1 Å². The van der Waals surface area contributed by atoms with Crippen molar-refractivity contribution in [3.05, 3.63) is 51.1 Å². The number of fused-ring (bicyclic) bond motifs is 3. The molecule has 6 heteroatoms. The molecular weight excluding hydrogens is 380 g/mol. The number of hydrogen-bond acceptors (Lipinski definition) is 5. The maximum Gasteiger partial charge on any atom is 0.267 e. The first-order valence-corrected chi connectivity index (χ1v) is 11.7. The summed E-state index contributed by atoms with van der Waals surface area (Å²) in [6.45, 7) is 6.68. The number of thioether (sulfide) groups is 2. The Morgan fingerprint density at radius 1 is 1.27 bits per heavy atom. The van der Waals surface area contributed by atoms with Crippen molar-refractivity contribution in [3.63, 3.8) is 0 Å². The molecule has 2 aromatic heterocycles. The van der Waals surface area contributed by atoms with E-state index in [2.05, 4.69) is 20.8 Å². The van der Waals surface area contributed by atoms with E-state index in [0.717, 1.165) is 45.4 Å². The molecule has 3 nitrogen and oxygen atoms in total. The Balaban J connectivity index is 1.99. The topological polar surface area (TPSA) is 34.9 Å². The Bertz CT molecular complexity index is 1010. The third-order valence-electron chi connectivity index (χ3n) is 4.52. The third kappa shape index (κ3) is 3.23. The van der Waals surface area contributed by atoms with Gasteiger partial charge >= 0.3 is 0 Å². The first-order chi connectivity index (χ1) is 12.5. The van der Waals surface area contributed by atoms with Gasteiger partial charge in [-0.3, -0.25) is 9.36 Å². The van der Waals surface area contributed by atoms with Crippen molar-refractivity contribution in [2.24, 2.45) is 0 Å². The van der Waals surface area contributed by atoms with Gasteiger partial charge in [0.15, 0.2) is 5.16 Å². The highest BCUT2D eigenvalue weighted by Gasteiger charge is 2.31. The number of thiophene rings is 1. The Labute approximate surface area is 166 Å². The van der Waals surface area contributed by atoms with Crippen LogP contribution in [-0.2, 0) is 12.2 Å². The molecule has 0 aliphatic carbocycles. The number of nitrogens with zero attached hydrogens (tertiary/aromatic N) is 2. The summed E-state index contributed by atoms with van der Waals surface area (Å²) in [5.41, 5.74) is 2.21. The molecule has 1 aliphatic rings. The first kappa shape index (κ1) is 18.1. The van der Waals surface area contributed by atoms with Crippen molar-refractivity contribution in [2.75, 3.05) is 5.75 Å². The molecule has 26 heavy (non-hydrogen) atoms. The van der Waals surface area contributed by atoms with E-state index < -0.39 is 0 Å². The minimum Gasteiger partial charge on any atom is -0.268 e. The normalized spacial score (nSPS) is 16.0. The molecule has 0 atom stereocenters. The molecule has 0 fully saturated rings. The van der Waals surface area contributed by atoms with Gasteiger partial charge in [-0.1, -0.05) is 50.7 Å². The highest BCUT2D eigenvalue weighted by Crippen LogP contribution is 2.44. The molecule has 3 aromatic rings. The van der Waals surface area contributed by atoms with Crippen LogP contribution in [0.15, 0.2) is 40.3 Å².